The maximum Gasteiger partial charge on any atom is 0.249 e. The number of fused-ring (bicyclic) bond motifs is 1. The van der Waals surface area contributed by atoms with E-state index in [1.165, 1.54) is 6.33 Å². The lowest BCUT2D eigenvalue weighted by atomic mass is 10.1. The predicted octanol–water partition coefficient (Wildman–Crippen LogP) is 4.02. The maximum atomic E-state index is 5.59. The Balaban J connectivity index is 1.51. The van der Waals surface area contributed by atoms with Crippen molar-refractivity contribution in [2.24, 2.45) is 0 Å². The second-order valence-corrected chi connectivity index (χ2v) is 7.44. The first-order valence-corrected chi connectivity index (χ1v) is 10.2. The van der Waals surface area contributed by atoms with Crippen molar-refractivity contribution in [3.63, 3.8) is 0 Å². The Morgan fingerprint density at radius 2 is 1.76 bits per heavy atom. The molecule has 5 aromatic rings. The fourth-order valence-corrected chi connectivity index (χ4v) is 3.37. The number of hydrogen-bond donors (Lipinski definition) is 1. The van der Waals surface area contributed by atoms with Crippen LogP contribution in [-0.4, -0.2) is 42.2 Å². The Morgan fingerprint density at radius 1 is 0.970 bits per heavy atom. The van der Waals surface area contributed by atoms with Gasteiger partial charge in [0.1, 0.15) is 29.5 Å². The Labute approximate surface area is 189 Å². The van der Waals surface area contributed by atoms with Gasteiger partial charge in [-0.1, -0.05) is 5.16 Å². The highest BCUT2D eigenvalue weighted by Crippen LogP contribution is 2.34. The fourth-order valence-electron chi connectivity index (χ4n) is 3.37. The molecule has 1 unspecified atom stereocenters. The van der Waals surface area contributed by atoms with Crippen LogP contribution in [0, 0.1) is 6.92 Å². The lowest BCUT2D eigenvalue weighted by Gasteiger charge is -2.14. The van der Waals surface area contributed by atoms with Crippen LogP contribution < -0.4 is 10.1 Å². The summed E-state index contributed by atoms with van der Waals surface area (Å²) in [5, 5.41) is 8.19. The molecule has 4 heterocycles. The first-order chi connectivity index (χ1) is 16.1. The highest BCUT2D eigenvalue weighted by molar-refractivity contribution is 5.96. The van der Waals surface area contributed by atoms with Crippen molar-refractivity contribution in [2.75, 3.05) is 12.4 Å². The average Bonchev–Trinajstić information content (AvgIpc) is 3.35. The third-order valence-corrected chi connectivity index (χ3v) is 5.07. The maximum absolute atomic E-state index is 5.59. The third kappa shape index (κ3) is 4.05. The summed E-state index contributed by atoms with van der Waals surface area (Å²) < 4.78 is 11.1. The van der Waals surface area contributed by atoms with Gasteiger partial charge in [0.2, 0.25) is 11.7 Å². The average molecular weight is 440 g/mol. The van der Waals surface area contributed by atoms with Crippen molar-refractivity contribution in [3.05, 3.63) is 66.8 Å². The van der Waals surface area contributed by atoms with E-state index < -0.39 is 0 Å². The van der Waals surface area contributed by atoms with E-state index in [-0.39, 0.29) is 6.04 Å². The summed E-state index contributed by atoms with van der Waals surface area (Å²) in [7, 11) is 1.60. The lowest BCUT2D eigenvalue weighted by molar-refractivity contribution is 0.368. The first-order valence-electron chi connectivity index (χ1n) is 10.2. The molecule has 33 heavy (non-hydrogen) atoms. The molecule has 0 amide bonds. The van der Waals surface area contributed by atoms with E-state index in [1.54, 1.807) is 31.9 Å². The third-order valence-electron chi connectivity index (χ3n) is 5.07. The molecule has 1 atom stereocenters. The van der Waals surface area contributed by atoms with Gasteiger partial charge in [-0.3, -0.25) is 4.98 Å². The molecule has 0 aliphatic rings. The summed E-state index contributed by atoms with van der Waals surface area (Å²) in [5.41, 5.74) is 3.27. The van der Waals surface area contributed by atoms with E-state index in [0.717, 1.165) is 22.1 Å². The zero-order chi connectivity index (χ0) is 22.8. The topological polar surface area (TPSA) is 125 Å². The monoisotopic (exact) mass is 440 g/mol. The van der Waals surface area contributed by atoms with E-state index in [2.05, 4.69) is 40.4 Å². The second-order valence-electron chi connectivity index (χ2n) is 7.44. The molecule has 0 saturated carbocycles. The van der Waals surface area contributed by atoms with Gasteiger partial charge in [0.15, 0.2) is 5.82 Å². The molecule has 1 N–H and O–H groups in total. The summed E-state index contributed by atoms with van der Waals surface area (Å²) in [6.45, 7) is 3.86. The largest absolute Gasteiger partial charge is 0.494 e. The van der Waals surface area contributed by atoms with E-state index in [4.69, 9.17) is 9.26 Å². The Kier molecular flexibility index (Phi) is 5.31. The van der Waals surface area contributed by atoms with Crippen LogP contribution in [0.5, 0.6) is 5.75 Å². The quantitative estimate of drug-likeness (QED) is 0.414. The number of anilines is 1. The number of aromatic nitrogens is 7. The van der Waals surface area contributed by atoms with Crippen molar-refractivity contribution in [2.45, 2.75) is 19.9 Å². The van der Waals surface area contributed by atoms with Gasteiger partial charge in [-0.05, 0) is 43.7 Å². The van der Waals surface area contributed by atoms with Crippen LogP contribution in [0.2, 0.25) is 0 Å². The molecule has 1 aromatic carbocycles. The number of nitrogens with zero attached hydrogens (tertiary/aromatic N) is 7. The molecule has 5 rings (SSSR count). The molecule has 0 spiro atoms. The first kappa shape index (κ1) is 20.4. The second kappa shape index (κ2) is 8.58. The minimum absolute atomic E-state index is 0.309. The van der Waals surface area contributed by atoms with Gasteiger partial charge >= 0.3 is 0 Å². The number of pyridine rings is 1. The summed E-state index contributed by atoms with van der Waals surface area (Å²) in [5.74, 6) is 2.71. The van der Waals surface area contributed by atoms with Gasteiger partial charge in [0, 0.05) is 41.3 Å². The van der Waals surface area contributed by atoms with Crippen LogP contribution in [0.3, 0.4) is 0 Å². The zero-order valence-corrected chi connectivity index (χ0v) is 18.2. The molecule has 0 aliphatic heterocycles. The van der Waals surface area contributed by atoms with E-state index in [9.17, 15) is 0 Å². The molecule has 0 saturated heterocycles. The van der Waals surface area contributed by atoms with Crippen molar-refractivity contribution in [1.29, 1.82) is 0 Å². The van der Waals surface area contributed by atoms with Crippen LogP contribution in [-0.2, 0) is 0 Å². The van der Waals surface area contributed by atoms with E-state index in [1.807, 2.05) is 38.1 Å². The van der Waals surface area contributed by atoms with Gasteiger partial charge in [0.25, 0.3) is 0 Å². The van der Waals surface area contributed by atoms with Crippen LogP contribution in [0.4, 0.5) is 5.82 Å². The summed E-state index contributed by atoms with van der Waals surface area (Å²) in [6, 6.07) is 7.15. The molecule has 0 radical (unpaired) electrons. The molecular formula is C23H20N8O2. The summed E-state index contributed by atoms with van der Waals surface area (Å²) in [4.78, 5) is 26.2. The van der Waals surface area contributed by atoms with Crippen LogP contribution in [0.1, 0.15) is 24.4 Å². The van der Waals surface area contributed by atoms with Gasteiger partial charge in [0.05, 0.1) is 7.11 Å². The van der Waals surface area contributed by atoms with Crippen LogP contribution in [0.15, 0.2) is 59.9 Å². The normalized spacial score (nSPS) is 12.0. The van der Waals surface area contributed by atoms with Gasteiger partial charge in [-0.15, -0.1) is 0 Å². The molecule has 0 aliphatic carbocycles. The van der Waals surface area contributed by atoms with Crippen molar-refractivity contribution >= 4 is 16.7 Å². The number of methoxy groups -OCH3 is 1. The molecule has 0 fully saturated rings. The van der Waals surface area contributed by atoms with Crippen molar-refractivity contribution < 1.29 is 9.26 Å². The zero-order valence-electron chi connectivity index (χ0n) is 18.2. The molecule has 0 bridgehead atoms. The van der Waals surface area contributed by atoms with Gasteiger partial charge in [-0.25, -0.2) is 19.9 Å². The van der Waals surface area contributed by atoms with Crippen LogP contribution in [0.25, 0.3) is 33.7 Å². The van der Waals surface area contributed by atoms with E-state index in [0.29, 0.717) is 34.6 Å². The van der Waals surface area contributed by atoms with Crippen molar-refractivity contribution in [1.82, 2.24) is 35.1 Å². The number of ether oxygens (including phenoxy) is 1. The number of aryl methyl sites for hydroxylation is 1. The Morgan fingerprint density at radius 3 is 2.52 bits per heavy atom. The van der Waals surface area contributed by atoms with Crippen LogP contribution >= 0.6 is 0 Å². The molecule has 4 aromatic heterocycles. The highest BCUT2D eigenvalue weighted by Gasteiger charge is 2.19. The predicted molar refractivity (Wildman–Crippen MR) is 121 cm³/mol. The minimum atomic E-state index is -0.309. The number of hydrogen-bond acceptors (Lipinski definition) is 10. The lowest BCUT2D eigenvalue weighted by Crippen LogP contribution is -2.09. The van der Waals surface area contributed by atoms with Gasteiger partial charge < -0.3 is 14.6 Å². The Hall–Kier alpha value is -4.47. The van der Waals surface area contributed by atoms with E-state index >= 15 is 0 Å². The fraction of sp³-hybridized carbons (Fsp3) is 0.174. The molecule has 10 nitrogen and oxygen atoms in total. The summed E-state index contributed by atoms with van der Waals surface area (Å²) in [6.07, 6.45) is 8.40. The van der Waals surface area contributed by atoms with Crippen molar-refractivity contribution in [3.8, 4) is 28.5 Å². The smallest absolute Gasteiger partial charge is 0.249 e. The molecule has 10 heteroatoms. The Bertz CT molecular complexity index is 1400. The number of rotatable bonds is 6. The van der Waals surface area contributed by atoms with Gasteiger partial charge in [-0.2, -0.15) is 4.98 Å². The summed E-state index contributed by atoms with van der Waals surface area (Å²) >= 11 is 0. The minimum Gasteiger partial charge on any atom is -0.494 e. The highest BCUT2D eigenvalue weighted by atomic mass is 16.5. The SMILES string of the molecule is COc1cc(-c2ncc(C)cn2)cc2c(NC(C)c3nc(-c4ccncc4)no3)ncnc12. The number of benzene rings is 1. The molecule has 164 valence electrons. The standard InChI is InChI=1S/C23H20N8O2/c1-13-10-25-20(26-11-13)16-8-17-19(18(9-16)32-3)27-12-28-22(17)29-14(2)23-30-21(31-33-23)15-4-6-24-7-5-15/h4-12,14H,1-3H3,(H,27,28,29). The molecular weight excluding hydrogens is 420 g/mol. The number of nitrogens with one attached hydrogen (secondary N) is 1.